The van der Waals surface area contributed by atoms with Gasteiger partial charge in [-0.15, -0.1) is 0 Å². The normalized spacial score (nSPS) is 26.4. The van der Waals surface area contributed by atoms with E-state index >= 15 is 0 Å². The molecule has 3 nitrogen and oxygen atoms in total. The zero-order valence-electron chi connectivity index (χ0n) is 11.6. The highest BCUT2D eigenvalue weighted by Crippen LogP contribution is 2.42. The van der Waals surface area contributed by atoms with Crippen molar-refractivity contribution in [2.45, 2.75) is 64.8 Å². The standard InChI is InChI=1S/C15H24N2O/c1-15(2)9-4-3-6-13(15)14(18)17(11-5-10-16)12-7-8-12/h12-13H,3-9,11H2,1-2H3. The molecule has 1 atom stereocenters. The van der Waals surface area contributed by atoms with E-state index < -0.39 is 0 Å². The van der Waals surface area contributed by atoms with Gasteiger partial charge in [-0.2, -0.15) is 5.26 Å². The SMILES string of the molecule is CC1(C)CCCCC1C(=O)N(CCC#N)C1CC1. The number of carbonyl (C=O) groups excluding carboxylic acids is 1. The maximum atomic E-state index is 12.7. The van der Waals surface area contributed by atoms with Crippen LogP contribution >= 0.6 is 0 Å². The van der Waals surface area contributed by atoms with Crippen molar-refractivity contribution in [3.8, 4) is 6.07 Å². The van der Waals surface area contributed by atoms with Crippen LogP contribution in [0.1, 0.15) is 58.8 Å². The molecule has 0 aromatic carbocycles. The van der Waals surface area contributed by atoms with Crippen molar-refractivity contribution in [2.24, 2.45) is 11.3 Å². The predicted octanol–water partition coefficient (Wildman–Crippen LogP) is 3.11. The van der Waals surface area contributed by atoms with Gasteiger partial charge in [0, 0.05) is 18.5 Å². The van der Waals surface area contributed by atoms with Crippen LogP contribution in [0, 0.1) is 22.7 Å². The molecule has 1 amide bonds. The lowest BCUT2D eigenvalue weighted by molar-refractivity contribution is -0.141. The zero-order valence-corrected chi connectivity index (χ0v) is 11.6. The molecule has 1 unspecified atom stereocenters. The molecule has 0 bridgehead atoms. The maximum absolute atomic E-state index is 12.7. The van der Waals surface area contributed by atoms with Crippen LogP contribution in [0.25, 0.3) is 0 Å². The number of nitrogens with zero attached hydrogens (tertiary/aromatic N) is 2. The molecule has 0 aromatic rings. The third-order valence-corrected chi connectivity index (χ3v) is 4.54. The van der Waals surface area contributed by atoms with Gasteiger partial charge in [-0.25, -0.2) is 0 Å². The smallest absolute Gasteiger partial charge is 0.226 e. The fourth-order valence-corrected chi connectivity index (χ4v) is 3.18. The minimum Gasteiger partial charge on any atom is -0.338 e. The number of rotatable bonds is 4. The van der Waals surface area contributed by atoms with E-state index in [4.69, 9.17) is 5.26 Å². The lowest BCUT2D eigenvalue weighted by Crippen LogP contribution is -2.45. The fourth-order valence-electron chi connectivity index (χ4n) is 3.18. The molecule has 0 heterocycles. The third kappa shape index (κ3) is 2.85. The van der Waals surface area contributed by atoms with E-state index in [1.54, 1.807) is 0 Å². The quantitative estimate of drug-likeness (QED) is 0.767. The molecular weight excluding hydrogens is 224 g/mol. The van der Waals surface area contributed by atoms with Crippen LogP contribution in [0.15, 0.2) is 0 Å². The number of nitriles is 1. The monoisotopic (exact) mass is 248 g/mol. The summed E-state index contributed by atoms with van der Waals surface area (Å²) in [6, 6.07) is 2.60. The first-order chi connectivity index (χ1) is 8.56. The van der Waals surface area contributed by atoms with Crippen molar-refractivity contribution in [3.05, 3.63) is 0 Å². The van der Waals surface area contributed by atoms with Gasteiger partial charge in [0.15, 0.2) is 0 Å². The second-order valence-corrected chi connectivity index (χ2v) is 6.46. The molecule has 2 fully saturated rings. The Morgan fingerprint density at radius 2 is 2.06 bits per heavy atom. The molecule has 0 spiro atoms. The predicted molar refractivity (Wildman–Crippen MR) is 70.7 cm³/mol. The third-order valence-electron chi connectivity index (χ3n) is 4.54. The second kappa shape index (κ2) is 5.30. The van der Waals surface area contributed by atoms with Crippen LogP contribution < -0.4 is 0 Å². The van der Waals surface area contributed by atoms with Crippen LogP contribution in [0.4, 0.5) is 0 Å². The van der Waals surface area contributed by atoms with Gasteiger partial charge in [0.1, 0.15) is 0 Å². The van der Waals surface area contributed by atoms with Crippen molar-refractivity contribution >= 4 is 5.91 Å². The maximum Gasteiger partial charge on any atom is 0.226 e. The molecule has 2 rings (SSSR count). The summed E-state index contributed by atoms with van der Waals surface area (Å²) in [6.07, 6.45) is 7.33. The molecule has 2 aliphatic rings. The Morgan fingerprint density at radius 1 is 1.33 bits per heavy atom. The molecule has 0 N–H and O–H groups in total. The summed E-state index contributed by atoms with van der Waals surface area (Å²) >= 11 is 0. The molecule has 3 heteroatoms. The van der Waals surface area contributed by atoms with Gasteiger partial charge in [-0.05, 0) is 31.1 Å². The topological polar surface area (TPSA) is 44.1 Å². The Bertz CT molecular complexity index is 352. The summed E-state index contributed by atoms with van der Waals surface area (Å²) in [6.45, 7) is 5.08. The zero-order chi connectivity index (χ0) is 13.2. The number of hydrogen-bond donors (Lipinski definition) is 0. The lowest BCUT2D eigenvalue weighted by atomic mass is 9.68. The van der Waals surface area contributed by atoms with Crippen molar-refractivity contribution in [2.75, 3.05) is 6.54 Å². The van der Waals surface area contributed by atoms with Crippen molar-refractivity contribution < 1.29 is 4.79 Å². The highest BCUT2D eigenvalue weighted by molar-refractivity contribution is 5.80. The highest BCUT2D eigenvalue weighted by Gasteiger charge is 2.42. The first kappa shape index (κ1) is 13.4. The number of amides is 1. The molecule has 0 saturated heterocycles. The van der Waals surface area contributed by atoms with Gasteiger partial charge in [0.25, 0.3) is 0 Å². The minimum atomic E-state index is 0.134. The van der Waals surface area contributed by atoms with Crippen LogP contribution in [0.3, 0.4) is 0 Å². The molecule has 0 aliphatic heterocycles. The average Bonchev–Trinajstić information content (AvgIpc) is 3.13. The van der Waals surface area contributed by atoms with Crippen LogP contribution in [-0.2, 0) is 4.79 Å². The molecule has 2 aliphatic carbocycles. The summed E-state index contributed by atoms with van der Waals surface area (Å²) in [7, 11) is 0. The first-order valence-corrected chi connectivity index (χ1v) is 7.23. The van der Waals surface area contributed by atoms with E-state index in [1.165, 1.54) is 12.8 Å². The van der Waals surface area contributed by atoms with Gasteiger partial charge in [-0.3, -0.25) is 4.79 Å². The Labute approximate surface area is 110 Å². The second-order valence-electron chi connectivity index (χ2n) is 6.46. The van der Waals surface area contributed by atoms with E-state index in [1.807, 2.05) is 4.90 Å². The van der Waals surface area contributed by atoms with Crippen molar-refractivity contribution in [3.63, 3.8) is 0 Å². The largest absolute Gasteiger partial charge is 0.338 e. The summed E-state index contributed by atoms with van der Waals surface area (Å²) in [5.74, 6) is 0.489. The van der Waals surface area contributed by atoms with E-state index in [-0.39, 0.29) is 11.3 Å². The molecule has 0 aromatic heterocycles. The minimum absolute atomic E-state index is 0.134. The Balaban J connectivity index is 2.05. The lowest BCUT2D eigenvalue weighted by Gasteiger charge is -2.40. The van der Waals surface area contributed by atoms with Crippen LogP contribution in [-0.4, -0.2) is 23.4 Å². The van der Waals surface area contributed by atoms with E-state index in [2.05, 4.69) is 19.9 Å². The average molecular weight is 248 g/mol. The van der Waals surface area contributed by atoms with E-state index in [0.29, 0.717) is 24.9 Å². The summed E-state index contributed by atoms with van der Waals surface area (Å²) in [5.41, 5.74) is 0.134. The highest BCUT2D eigenvalue weighted by atomic mass is 16.2. The Hall–Kier alpha value is -1.04. The molecule has 2 saturated carbocycles. The van der Waals surface area contributed by atoms with Gasteiger partial charge in [0.05, 0.1) is 12.5 Å². The van der Waals surface area contributed by atoms with Gasteiger partial charge < -0.3 is 4.90 Å². The van der Waals surface area contributed by atoms with E-state index in [9.17, 15) is 4.79 Å². The van der Waals surface area contributed by atoms with Gasteiger partial charge in [-0.1, -0.05) is 26.7 Å². The fraction of sp³-hybridized carbons (Fsp3) is 0.867. The Kier molecular flexibility index (Phi) is 3.94. The number of carbonyl (C=O) groups is 1. The molecule has 100 valence electrons. The molecular formula is C15H24N2O. The molecule has 18 heavy (non-hydrogen) atoms. The van der Waals surface area contributed by atoms with Gasteiger partial charge >= 0.3 is 0 Å². The van der Waals surface area contributed by atoms with Crippen LogP contribution in [0.2, 0.25) is 0 Å². The van der Waals surface area contributed by atoms with Gasteiger partial charge in [0.2, 0.25) is 5.91 Å². The molecule has 0 radical (unpaired) electrons. The van der Waals surface area contributed by atoms with Crippen molar-refractivity contribution in [1.29, 1.82) is 5.26 Å². The summed E-state index contributed by atoms with van der Waals surface area (Å²) < 4.78 is 0. The first-order valence-electron chi connectivity index (χ1n) is 7.23. The van der Waals surface area contributed by atoms with E-state index in [0.717, 1.165) is 25.7 Å². The number of hydrogen-bond acceptors (Lipinski definition) is 2. The summed E-state index contributed by atoms with van der Waals surface area (Å²) in [4.78, 5) is 14.7. The summed E-state index contributed by atoms with van der Waals surface area (Å²) in [5, 5.41) is 8.72. The van der Waals surface area contributed by atoms with Crippen molar-refractivity contribution in [1.82, 2.24) is 4.90 Å². The van der Waals surface area contributed by atoms with Crippen LogP contribution in [0.5, 0.6) is 0 Å². The Morgan fingerprint density at radius 3 is 2.61 bits per heavy atom.